The monoisotopic (exact) mass is 339 g/mol. The van der Waals surface area contributed by atoms with Gasteiger partial charge in [-0.05, 0) is 43.8 Å². The van der Waals surface area contributed by atoms with Crippen LogP contribution in [0, 0.1) is 5.92 Å². The van der Waals surface area contributed by atoms with E-state index in [-0.39, 0.29) is 12.1 Å². The fraction of sp³-hybridized carbons (Fsp3) is 0.550. The predicted octanol–water partition coefficient (Wildman–Crippen LogP) is 2.31. The number of aliphatic hydroxyl groups is 1. The maximum absolute atomic E-state index is 10.9. The van der Waals surface area contributed by atoms with Crippen molar-refractivity contribution in [1.82, 2.24) is 14.5 Å². The second-order valence-electron chi connectivity index (χ2n) is 7.66. The Morgan fingerprint density at radius 1 is 1.20 bits per heavy atom. The van der Waals surface area contributed by atoms with Crippen LogP contribution in [0.15, 0.2) is 36.8 Å². The van der Waals surface area contributed by atoms with Gasteiger partial charge in [0.2, 0.25) is 0 Å². The third-order valence-electron chi connectivity index (χ3n) is 6.32. The molecule has 0 saturated carbocycles. The summed E-state index contributed by atoms with van der Waals surface area (Å²) in [5.41, 5.74) is 3.76. The minimum absolute atomic E-state index is 0.210. The number of hydrogen-bond donors (Lipinski definition) is 1. The lowest BCUT2D eigenvalue weighted by Crippen LogP contribution is -2.52. The highest BCUT2D eigenvalue weighted by molar-refractivity contribution is 5.68. The minimum Gasteiger partial charge on any atom is -0.393 e. The maximum Gasteiger partial charge on any atom is 0.0956 e. The fourth-order valence-electron chi connectivity index (χ4n) is 4.70. The molecule has 2 unspecified atom stereocenters. The van der Waals surface area contributed by atoms with Crippen molar-refractivity contribution in [2.75, 3.05) is 26.3 Å². The van der Waals surface area contributed by atoms with E-state index in [0.717, 1.165) is 45.6 Å². The van der Waals surface area contributed by atoms with Crippen LogP contribution in [-0.2, 0) is 4.74 Å². The summed E-state index contributed by atoms with van der Waals surface area (Å²) >= 11 is 0. The molecule has 0 spiro atoms. The molecule has 2 atom stereocenters. The first-order chi connectivity index (χ1) is 12.3. The van der Waals surface area contributed by atoms with Gasteiger partial charge in [-0.15, -0.1) is 0 Å². The summed E-state index contributed by atoms with van der Waals surface area (Å²) in [4.78, 5) is 6.85. The number of ether oxygens (including phenoxy) is 1. The van der Waals surface area contributed by atoms with Crippen LogP contribution >= 0.6 is 0 Å². The van der Waals surface area contributed by atoms with Crippen molar-refractivity contribution in [2.24, 2.45) is 5.92 Å². The molecule has 1 aromatic heterocycles. The summed E-state index contributed by atoms with van der Waals surface area (Å²) in [6.45, 7) is 3.95. The second-order valence-corrected chi connectivity index (χ2v) is 7.66. The average molecular weight is 339 g/mol. The molecule has 5 nitrogen and oxygen atoms in total. The molecule has 5 rings (SSSR count). The Bertz CT molecular complexity index is 747. The predicted molar refractivity (Wildman–Crippen MR) is 95.3 cm³/mol. The molecular weight excluding hydrogens is 314 g/mol. The van der Waals surface area contributed by atoms with Crippen molar-refractivity contribution in [3.8, 4) is 11.3 Å². The quantitative estimate of drug-likeness (QED) is 0.929. The molecule has 0 aliphatic carbocycles. The molecule has 0 bridgehead atoms. The topological polar surface area (TPSA) is 50.5 Å². The van der Waals surface area contributed by atoms with Gasteiger partial charge in [-0.2, -0.15) is 0 Å². The molecule has 132 valence electrons. The number of aliphatic hydroxyl groups excluding tert-OH is 1. The van der Waals surface area contributed by atoms with Crippen LogP contribution in [0.3, 0.4) is 0 Å². The Labute approximate surface area is 148 Å². The normalized spacial score (nSPS) is 25.4. The largest absolute Gasteiger partial charge is 0.393 e. The molecule has 0 radical (unpaired) electrons. The Morgan fingerprint density at radius 2 is 2.00 bits per heavy atom. The van der Waals surface area contributed by atoms with Crippen LogP contribution in [0.2, 0.25) is 0 Å². The molecule has 2 fully saturated rings. The highest BCUT2D eigenvalue weighted by atomic mass is 16.5. The smallest absolute Gasteiger partial charge is 0.0956 e. The third kappa shape index (κ3) is 2.62. The number of nitrogens with zero attached hydrogens (tertiary/aromatic N) is 3. The van der Waals surface area contributed by atoms with Crippen LogP contribution in [-0.4, -0.2) is 58.0 Å². The van der Waals surface area contributed by atoms with Gasteiger partial charge >= 0.3 is 0 Å². The molecule has 5 heteroatoms. The van der Waals surface area contributed by atoms with Crippen LogP contribution in [0.4, 0.5) is 0 Å². The molecule has 1 aromatic carbocycles. The SMILES string of the molecule is OC(CC1c2ccccc2-c2cncn21)C1CCN(C2COC2)CC1. The van der Waals surface area contributed by atoms with Gasteiger partial charge in [-0.25, -0.2) is 4.98 Å². The van der Waals surface area contributed by atoms with Crippen LogP contribution in [0.5, 0.6) is 0 Å². The first-order valence-electron chi connectivity index (χ1n) is 9.42. The number of likely N-dealkylation sites (tertiary alicyclic amines) is 1. The number of aromatic nitrogens is 2. The first-order valence-corrected chi connectivity index (χ1v) is 9.42. The molecule has 2 saturated heterocycles. The van der Waals surface area contributed by atoms with Crippen molar-refractivity contribution >= 4 is 0 Å². The lowest BCUT2D eigenvalue weighted by Gasteiger charge is -2.42. The molecule has 3 aliphatic heterocycles. The number of hydrogen-bond acceptors (Lipinski definition) is 4. The molecule has 1 N–H and O–H groups in total. The van der Waals surface area contributed by atoms with Gasteiger partial charge in [0.05, 0.1) is 49.6 Å². The van der Waals surface area contributed by atoms with Crippen LogP contribution in [0.1, 0.15) is 30.9 Å². The molecule has 2 aromatic rings. The van der Waals surface area contributed by atoms with Crippen molar-refractivity contribution in [2.45, 2.75) is 37.5 Å². The van der Waals surface area contributed by atoms with E-state index in [4.69, 9.17) is 4.74 Å². The van der Waals surface area contributed by atoms with E-state index < -0.39 is 0 Å². The van der Waals surface area contributed by atoms with E-state index in [1.165, 1.54) is 16.8 Å². The zero-order chi connectivity index (χ0) is 16.8. The van der Waals surface area contributed by atoms with Crippen molar-refractivity contribution in [1.29, 1.82) is 0 Å². The molecule has 0 amide bonds. The van der Waals surface area contributed by atoms with Gasteiger partial charge < -0.3 is 14.4 Å². The number of fused-ring (bicyclic) bond motifs is 3. The number of rotatable bonds is 4. The first kappa shape index (κ1) is 15.6. The Kier molecular flexibility index (Phi) is 3.88. The van der Waals surface area contributed by atoms with Gasteiger partial charge in [-0.1, -0.05) is 24.3 Å². The lowest BCUT2D eigenvalue weighted by molar-refractivity contribution is -0.0798. The fourth-order valence-corrected chi connectivity index (χ4v) is 4.70. The average Bonchev–Trinajstić information content (AvgIpc) is 3.17. The molecule has 4 heterocycles. The standard InChI is InChI=1S/C20H25N3O2/c24-20(14-5-7-22(8-6-14)15-11-25-12-15)9-18-16-3-1-2-4-17(16)19-10-21-13-23(18)19/h1-4,10,13-15,18,20,24H,5-9,11-12H2. The van der Waals surface area contributed by atoms with Gasteiger partial charge in [0, 0.05) is 5.56 Å². The summed E-state index contributed by atoms with van der Waals surface area (Å²) in [6, 6.07) is 9.36. The van der Waals surface area contributed by atoms with Crippen LogP contribution in [0.25, 0.3) is 11.3 Å². The summed E-state index contributed by atoms with van der Waals surface area (Å²) in [7, 11) is 0. The Hall–Kier alpha value is -1.69. The lowest BCUT2D eigenvalue weighted by atomic mass is 9.86. The summed E-state index contributed by atoms with van der Waals surface area (Å²) in [6.07, 6.45) is 6.53. The van der Waals surface area contributed by atoms with Crippen molar-refractivity contribution in [3.05, 3.63) is 42.4 Å². The van der Waals surface area contributed by atoms with E-state index in [9.17, 15) is 5.11 Å². The summed E-state index contributed by atoms with van der Waals surface area (Å²) < 4.78 is 7.54. The van der Waals surface area contributed by atoms with Crippen LogP contribution < -0.4 is 0 Å². The third-order valence-corrected chi connectivity index (χ3v) is 6.32. The van der Waals surface area contributed by atoms with Crippen molar-refractivity contribution < 1.29 is 9.84 Å². The number of piperidine rings is 1. The highest BCUT2D eigenvalue weighted by Crippen LogP contribution is 2.42. The minimum atomic E-state index is -0.258. The molecule has 3 aliphatic rings. The second kappa shape index (κ2) is 6.24. The number of benzene rings is 1. The van der Waals surface area contributed by atoms with Gasteiger partial charge in [0.25, 0.3) is 0 Å². The molecular formula is C20H25N3O2. The Morgan fingerprint density at radius 3 is 2.76 bits per heavy atom. The van der Waals surface area contributed by atoms with E-state index in [0.29, 0.717) is 12.0 Å². The maximum atomic E-state index is 10.9. The summed E-state index contributed by atoms with van der Waals surface area (Å²) in [5.74, 6) is 0.400. The van der Waals surface area contributed by atoms with Gasteiger partial charge in [-0.3, -0.25) is 4.90 Å². The van der Waals surface area contributed by atoms with E-state index in [1.54, 1.807) is 0 Å². The van der Waals surface area contributed by atoms with E-state index >= 15 is 0 Å². The molecule has 25 heavy (non-hydrogen) atoms. The zero-order valence-corrected chi connectivity index (χ0v) is 14.4. The van der Waals surface area contributed by atoms with E-state index in [2.05, 4.69) is 38.7 Å². The number of imidazole rings is 1. The Balaban J connectivity index is 1.28. The highest BCUT2D eigenvalue weighted by Gasteiger charge is 2.35. The van der Waals surface area contributed by atoms with Gasteiger partial charge in [0.1, 0.15) is 0 Å². The van der Waals surface area contributed by atoms with Gasteiger partial charge in [0.15, 0.2) is 0 Å². The zero-order valence-electron chi connectivity index (χ0n) is 14.4. The van der Waals surface area contributed by atoms with E-state index in [1.807, 2.05) is 12.5 Å². The summed E-state index contributed by atoms with van der Waals surface area (Å²) in [5, 5.41) is 10.9. The van der Waals surface area contributed by atoms with Crippen molar-refractivity contribution in [3.63, 3.8) is 0 Å².